The van der Waals surface area contributed by atoms with Gasteiger partial charge >= 0.3 is 5.97 Å². The van der Waals surface area contributed by atoms with Gasteiger partial charge in [0.1, 0.15) is 11.8 Å². The minimum absolute atomic E-state index is 0.106. The topological polar surface area (TPSA) is 132 Å². The molecule has 1 aliphatic rings. The molecule has 1 saturated carbocycles. The summed E-state index contributed by atoms with van der Waals surface area (Å²) in [7, 11) is 0. The molecular weight excluding hydrogens is 284 g/mol. The van der Waals surface area contributed by atoms with E-state index in [1.807, 2.05) is 0 Å². The summed E-state index contributed by atoms with van der Waals surface area (Å²) in [6.45, 7) is 0. The first-order chi connectivity index (χ1) is 10.5. The summed E-state index contributed by atoms with van der Waals surface area (Å²) in [5, 5.41) is 20.9. The molecule has 0 amide bonds. The van der Waals surface area contributed by atoms with Crippen LogP contribution in [0.2, 0.25) is 0 Å². The van der Waals surface area contributed by atoms with Crippen molar-refractivity contribution in [2.75, 3.05) is 0 Å². The molecule has 1 aromatic carbocycles. The zero-order valence-corrected chi connectivity index (χ0v) is 12.4. The lowest BCUT2D eigenvalue weighted by Crippen LogP contribution is -2.22. The molecule has 1 aliphatic carbocycles. The predicted molar refractivity (Wildman–Crippen MR) is 83.4 cm³/mol. The van der Waals surface area contributed by atoms with E-state index < -0.39 is 12.0 Å². The van der Waals surface area contributed by atoms with E-state index in [1.54, 1.807) is 12.1 Å². The molecule has 1 atom stereocenters. The molecule has 0 radical (unpaired) electrons. The number of nitrogens with zero attached hydrogens (tertiary/aromatic N) is 3. The van der Waals surface area contributed by atoms with Gasteiger partial charge in [-0.05, 0) is 42.5 Å². The van der Waals surface area contributed by atoms with E-state index in [4.69, 9.17) is 21.5 Å². The fraction of sp³-hybridized carbons (Fsp3) is 0.533. The fourth-order valence-electron chi connectivity index (χ4n) is 2.23. The highest BCUT2D eigenvalue weighted by Gasteiger charge is 2.15. The Bertz CT molecular complexity index is 504. The minimum atomic E-state index is -1.17. The summed E-state index contributed by atoms with van der Waals surface area (Å²) >= 11 is 0. The van der Waals surface area contributed by atoms with Crippen molar-refractivity contribution in [1.29, 1.82) is 0 Å². The van der Waals surface area contributed by atoms with Crippen molar-refractivity contribution in [3.63, 3.8) is 0 Å². The lowest BCUT2D eigenvalue weighted by molar-refractivity contribution is -0.138. The highest BCUT2D eigenvalue weighted by Crippen LogP contribution is 2.15. The van der Waals surface area contributed by atoms with Crippen molar-refractivity contribution in [3.8, 4) is 5.75 Å². The summed E-state index contributed by atoms with van der Waals surface area (Å²) in [4.78, 5) is 13.1. The van der Waals surface area contributed by atoms with Crippen LogP contribution in [-0.2, 0) is 11.2 Å². The molecule has 7 heteroatoms. The van der Waals surface area contributed by atoms with Gasteiger partial charge in [-0.3, -0.25) is 4.79 Å². The van der Waals surface area contributed by atoms with Crippen LogP contribution in [0.25, 0.3) is 10.4 Å². The third kappa shape index (κ3) is 6.97. The quantitative estimate of drug-likeness (QED) is 0.448. The number of aromatic hydroxyl groups is 1. The first kappa shape index (κ1) is 17.8. The number of carboxylic acids is 1. The van der Waals surface area contributed by atoms with E-state index in [-0.39, 0.29) is 12.2 Å². The van der Waals surface area contributed by atoms with Crippen LogP contribution >= 0.6 is 0 Å². The zero-order valence-electron chi connectivity index (χ0n) is 12.4. The monoisotopic (exact) mass is 306 g/mol. The summed E-state index contributed by atoms with van der Waals surface area (Å²) in [5.74, 6) is -1.06. The fourth-order valence-corrected chi connectivity index (χ4v) is 2.23. The lowest BCUT2D eigenvalue weighted by Gasteiger charge is -2.15. The first-order valence-electron chi connectivity index (χ1n) is 7.33. The van der Waals surface area contributed by atoms with Crippen molar-refractivity contribution in [3.05, 3.63) is 40.3 Å². The van der Waals surface area contributed by atoms with Crippen molar-refractivity contribution < 1.29 is 15.0 Å². The van der Waals surface area contributed by atoms with Gasteiger partial charge in [-0.15, -0.1) is 0 Å². The molecule has 0 aromatic heterocycles. The minimum Gasteiger partial charge on any atom is -0.508 e. The maximum atomic E-state index is 10.6. The number of hydrogen-bond acceptors (Lipinski definition) is 4. The number of aliphatic carboxylic acids is 1. The molecule has 0 heterocycles. The Labute approximate surface area is 129 Å². The molecule has 0 saturated heterocycles. The van der Waals surface area contributed by atoms with Gasteiger partial charge in [0.2, 0.25) is 0 Å². The Morgan fingerprint density at radius 3 is 2.32 bits per heavy atom. The average Bonchev–Trinajstić information content (AvgIpc) is 2.50. The first-order valence-corrected chi connectivity index (χ1v) is 7.33. The third-order valence-corrected chi connectivity index (χ3v) is 3.49. The summed E-state index contributed by atoms with van der Waals surface area (Å²) < 4.78 is 0. The van der Waals surface area contributed by atoms with Gasteiger partial charge in [-0.1, -0.05) is 36.5 Å². The van der Waals surface area contributed by atoms with Crippen molar-refractivity contribution in [2.24, 2.45) is 10.8 Å². The van der Waals surface area contributed by atoms with Gasteiger partial charge in [0.15, 0.2) is 0 Å². The molecule has 1 fully saturated rings. The van der Waals surface area contributed by atoms with E-state index in [0.29, 0.717) is 11.6 Å². The van der Waals surface area contributed by atoms with Crippen molar-refractivity contribution >= 4 is 5.97 Å². The second kappa shape index (κ2) is 9.65. The lowest BCUT2D eigenvalue weighted by atomic mass is 9.97. The maximum Gasteiger partial charge on any atom is 0.312 e. The summed E-state index contributed by atoms with van der Waals surface area (Å²) in [5.41, 5.74) is 14.5. The number of phenols is 1. The number of carboxylic acid groups (broad SMARTS) is 1. The number of hydrogen-bond donors (Lipinski definition) is 3. The second-order valence-electron chi connectivity index (χ2n) is 5.33. The Kier molecular flexibility index (Phi) is 7.81. The highest BCUT2D eigenvalue weighted by atomic mass is 16.4. The van der Waals surface area contributed by atoms with Crippen LogP contribution < -0.4 is 5.73 Å². The van der Waals surface area contributed by atoms with Crippen LogP contribution in [0.1, 0.15) is 37.7 Å². The van der Waals surface area contributed by atoms with E-state index in [0.717, 1.165) is 0 Å². The van der Waals surface area contributed by atoms with Crippen LogP contribution in [0, 0.1) is 0 Å². The normalized spacial score (nSPS) is 15.9. The molecule has 0 unspecified atom stereocenters. The SMILES string of the molecule is NC1CCCCC1.[N-]=[N+]=N[C@@H](Cc1ccc(O)cc1)C(=O)O. The van der Waals surface area contributed by atoms with Gasteiger partial charge in [0.25, 0.3) is 0 Å². The van der Waals surface area contributed by atoms with Crippen molar-refractivity contribution in [2.45, 2.75) is 50.6 Å². The summed E-state index contributed by atoms with van der Waals surface area (Å²) in [6.07, 6.45) is 6.77. The third-order valence-electron chi connectivity index (χ3n) is 3.49. The Morgan fingerprint density at radius 1 is 1.32 bits per heavy atom. The Morgan fingerprint density at radius 2 is 1.91 bits per heavy atom. The number of azide groups is 1. The van der Waals surface area contributed by atoms with Crippen molar-refractivity contribution in [1.82, 2.24) is 0 Å². The van der Waals surface area contributed by atoms with Gasteiger partial charge in [-0.2, -0.15) is 0 Å². The molecule has 1 aromatic rings. The van der Waals surface area contributed by atoms with Gasteiger partial charge in [-0.25, -0.2) is 0 Å². The molecule has 0 bridgehead atoms. The van der Waals surface area contributed by atoms with Gasteiger partial charge < -0.3 is 15.9 Å². The summed E-state index contributed by atoms with van der Waals surface area (Å²) in [6, 6.07) is 5.48. The van der Waals surface area contributed by atoms with Crippen LogP contribution in [0.5, 0.6) is 5.75 Å². The van der Waals surface area contributed by atoms with Crippen LogP contribution in [-0.4, -0.2) is 28.3 Å². The second-order valence-corrected chi connectivity index (χ2v) is 5.33. The number of benzene rings is 1. The predicted octanol–water partition coefficient (Wildman–Crippen LogP) is 2.98. The molecule has 22 heavy (non-hydrogen) atoms. The molecule has 4 N–H and O–H groups in total. The highest BCUT2D eigenvalue weighted by molar-refractivity contribution is 5.74. The molecular formula is C15H22N4O3. The molecule has 2 rings (SSSR count). The number of carbonyl (C=O) groups is 1. The maximum absolute atomic E-state index is 10.6. The largest absolute Gasteiger partial charge is 0.508 e. The molecule has 120 valence electrons. The smallest absolute Gasteiger partial charge is 0.312 e. The van der Waals surface area contributed by atoms with E-state index in [1.165, 1.54) is 44.2 Å². The van der Waals surface area contributed by atoms with E-state index in [9.17, 15) is 4.79 Å². The van der Waals surface area contributed by atoms with E-state index in [2.05, 4.69) is 10.0 Å². The number of rotatable bonds is 4. The van der Waals surface area contributed by atoms with Gasteiger partial charge in [0, 0.05) is 11.0 Å². The van der Waals surface area contributed by atoms with E-state index >= 15 is 0 Å². The number of nitrogens with two attached hydrogens (primary N) is 1. The molecule has 7 nitrogen and oxygen atoms in total. The van der Waals surface area contributed by atoms with Crippen LogP contribution in [0.4, 0.5) is 0 Å². The standard InChI is InChI=1S/C9H9N3O3.C6H13N/c10-12-11-8(9(14)15)5-6-1-3-7(13)4-2-6;7-6-4-2-1-3-5-6/h1-4,8,13H,5H2,(H,14,15);6H,1-5,7H2/t8-;/m0./s1. The molecule has 0 aliphatic heterocycles. The molecule has 0 spiro atoms. The Balaban J connectivity index is 0.000000287. The van der Waals surface area contributed by atoms with Crippen LogP contribution in [0.3, 0.4) is 0 Å². The van der Waals surface area contributed by atoms with Crippen LogP contribution in [0.15, 0.2) is 29.4 Å². The average molecular weight is 306 g/mol. The Hall–Kier alpha value is -2.24. The van der Waals surface area contributed by atoms with Gasteiger partial charge in [0.05, 0.1) is 0 Å². The zero-order chi connectivity index (χ0) is 16.4. The number of phenolic OH excluding ortho intramolecular Hbond substituents is 1.